The molecule has 11 heavy (non-hydrogen) atoms. The monoisotopic (exact) mass is 162 g/mol. The number of hydrogen-bond acceptors (Lipinski definition) is 4. The van der Waals surface area contributed by atoms with Crippen molar-refractivity contribution in [2.75, 3.05) is 13.2 Å². The zero-order valence-electron chi connectivity index (χ0n) is 6.31. The van der Waals surface area contributed by atoms with Crippen molar-refractivity contribution in [1.82, 2.24) is 0 Å². The fourth-order valence-corrected chi connectivity index (χ4v) is 1.25. The maximum atomic E-state index is 9.22. The van der Waals surface area contributed by atoms with Gasteiger partial charge in [-0.15, -0.1) is 0 Å². The first-order valence-corrected chi connectivity index (χ1v) is 3.83. The maximum Gasteiger partial charge on any atom is 0.107 e. The van der Waals surface area contributed by atoms with E-state index in [1.54, 1.807) is 0 Å². The summed E-state index contributed by atoms with van der Waals surface area (Å²) in [5, 5.41) is 26.6. The van der Waals surface area contributed by atoms with E-state index in [2.05, 4.69) is 0 Å². The predicted octanol–water partition coefficient (Wildman–Crippen LogP) is -1.12. The van der Waals surface area contributed by atoms with Gasteiger partial charge in [-0.2, -0.15) is 0 Å². The van der Waals surface area contributed by atoms with Crippen molar-refractivity contribution < 1.29 is 20.1 Å². The molecule has 0 saturated carbocycles. The molecule has 0 amide bonds. The van der Waals surface area contributed by atoms with Crippen LogP contribution in [-0.2, 0) is 4.74 Å². The molecule has 66 valence electrons. The Kier molecular flexibility index (Phi) is 3.26. The number of aliphatic hydroxyl groups is 3. The summed E-state index contributed by atoms with van der Waals surface area (Å²) in [6, 6.07) is 0. The lowest BCUT2D eigenvalue weighted by molar-refractivity contribution is -0.144. The second kappa shape index (κ2) is 4.01. The highest BCUT2D eigenvalue weighted by molar-refractivity contribution is 4.77. The van der Waals surface area contributed by atoms with Crippen molar-refractivity contribution >= 4 is 0 Å². The van der Waals surface area contributed by atoms with Crippen LogP contribution in [0.25, 0.3) is 0 Å². The van der Waals surface area contributed by atoms with E-state index in [0.717, 1.165) is 0 Å². The van der Waals surface area contributed by atoms with Crippen LogP contribution in [0.2, 0.25) is 0 Å². The molecule has 0 aromatic rings. The van der Waals surface area contributed by atoms with Gasteiger partial charge in [0, 0.05) is 0 Å². The summed E-state index contributed by atoms with van der Waals surface area (Å²) in [6.45, 7) is -0.221. The van der Waals surface area contributed by atoms with Gasteiger partial charge in [-0.3, -0.25) is 0 Å². The summed E-state index contributed by atoms with van der Waals surface area (Å²) >= 11 is 0. The Morgan fingerprint density at radius 1 is 1.18 bits per heavy atom. The molecule has 0 aromatic carbocycles. The molecule has 1 unspecified atom stereocenters. The summed E-state index contributed by atoms with van der Waals surface area (Å²) in [5.41, 5.74) is 0. The van der Waals surface area contributed by atoms with Gasteiger partial charge in [0.25, 0.3) is 0 Å². The Labute approximate surface area is 65.4 Å². The van der Waals surface area contributed by atoms with Gasteiger partial charge in [0.05, 0.1) is 25.4 Å². The highest BCUT2D eigenvalue weighted by Gasteiger charge is 2.28. The normalized spacial score (nSPS) is 39.0. The number of hydrogen-bond donors (Lipinski definition) is 3. The first kappa shape index (κ1) is 8.93. The second-order valence-electron chi connectivity index (χ2n) is 2.81. The fraction of sp³-hybridized carbons (Fsp3) is 1.00. The second-order valence-corrected chi connectivity index (χ2v) is 2.81. The molecular formula is C7H14O4. The zero-order chi connectivity index (χ0) is 8.27. The van der Waals surface area contributed by atoms with E-state index in [0.29, 0.717) is 12.8 Å². The number of rotatable bonds is 2. The van der Waals surface area contributed by atoms with E-state index in [4.69, 9.17) is 14.9 Å². The van der Waals surface area contributed by atoms with Gasteiger partial charge in [0.1, 0.15) is 6.10 Å². The summed E-state index contributed by atoms with van der Waals surface area (Å²) < 4.78 is 5.15. The van der Waals surface area contributed by atoms with E-state index >= 15 is 0 Å². The molecule has 0 bridgehead atoms. The predicted molar refractivity (Wildman–Crippen MR) is 38.1 cm³/mol. The molecule has 1 rings (SSSR count). The van der Waals surface area contributed by atoms with Gasteiger partial charge in [-0.1, -0.05) is 0 Å². The highest BCUT2D eigenvalue weighted by atomic mass is 16.5. The van der Waals surface area contributed by atoms with Crippen molar-refractivity contribution in [3.8, 4) is 0 Å². The molecule has 1 aliphatic heterocycles. The standard InChI is InChI=1S/C7H14O4/c8-3-5-1-2-6(10)7(4-9)11-5/h5-10H,1-4H2/t5-,6+,7?/m1/s1. The Bertz CT molecular complexity index is 117. The van der Waals surface area contributed by atoms with Gasteiger partial charge >= 0.3 is 0 Å². The molecule has 1 aliphatic rings. The quantitative estimate of drug-likeness (QED) is 0.481. The molecule has 3 atom stereocenters. The summed E-state index contributed by atoms with van der Waals surface area (Å²) in [7, 11) is 0. The summed E-state index contributed by atoms with van der Waals surface area (Å²) in [6.07, 6.45) is -0.0517. The van der Waals surface area contributed by atoms with E-state index < -0.39 is 12.2 Å². The van der Waals surface area contributed by atoms with Crippen molar-refractivity contribution in [3.05, 3.63) is 0 Å². The Balaban J connectivity index is 2.37. The average molecular weight is 162 g/mol. The fourth-order valence-electron chi connectivity index (χ4n) is 1.25. The van der Waals surface area contributed by atoms with Crippen LogP contribution in [0, 0.1) is 0 Å². The molecule has 4 heteroatoms. The minimum absolute atomic E-state index is 0.0385. The first-order valence-electron chi connectivity index (χ1n) is 3.83. The van der Waals surface area contributed by atoms with E-state index in [9.17, 15) is 5.11 Å². The molecule has 3 N–H and O–H groups in total. The van der Waals surface area contributed by atoms with Gasteiger partial charge in [0.2, 0.25) is 0 Å². The molecule has 1 saturated heterocycles. The number of aliphatic hydroxyl groups excluding tert-OH is 3. The molecule has 1 heterocycles. The van der Waals surface area contributed by atoms with Gasteiger partial charge in [0.15, 0.2) is 0 Å². The molecule has 0 aliphatic carbocycles. The van der Waals surface area contributed by atoms with Crippen LogP contribution in [0.5, 0.6) is 0 Å². The third-order valence-electron chi connectivity index (χ3n) is 1.96. The minimum atomic E-state index is -0.581. The van der Waals surface area contributed by atoms with Gasteiger partial charge < -0.3 is 20.1 Å². The smallest absolute Gasteiger partial charge is 0.107 e. The zero-order valence-corrected chi connectivity index (χ0v) is 6.31. The summed E-state index contributed by atoms with van der Waals surface area (Å²) in [5.74, 6) is 0. The Hall–Kier alpha value is -0.160. The third-order valence-corrected chi connectivity index (χ3v) is 1.96. The maximum absolute atomic E-state index is 9.22. The molecule has 0 radical (unpaired) electrons. The lowest BCUT2D eigenvalue weighted by Crippen LogP contribution is -2.42. The van der Waals surface area contributed by atoms with Crippen molar-refractivity contribution in [3.63, 3.8) is 0 Å². The van der Waals surface area contributed by atoms with Crippen LogP contribution in [0.3, 0.4) is 0 Å². The average Bonchev–Trinajstić information content (AvgIpc) is 2.05. The molecule has 0 aromatic heterocycles. The molecule has 4 nitrogen and oxygen atoms in total. The molecule has 1 fully saturated rings. The van der Waals surface area contributed by atoms with Crippen LogP contribution in [0.15, 0.2) is 0 Å². The number of ether oxygens (including phenoxy) is 1. The van der Waals surface area contributed by atoms with Crippen LogP contribution in [-0.4, -0.2) is 46.8 Å². The Morgan fingerprint density at radius 3 is 2.45 bits per heavy atom. The van der Waals surface area contributed by atoms with Crippen LogP contribution >= 0.6 is 0 Å². The Morgan fingerprint density at radius 2 is 1.91 bits per heavy atom. The topological polar surface area (TPSA) is 69.9 Å². The first-order chi connectivity index (χ1) is 5.27. The van der Waals surface area contributed by atoms with Crippen molar-refractivity contribution in [2.45, 2.75) is 31.2 Å². The van der Waals surface area contributed by atoms with E-state index in [1.165, 1.54) is 0 Å². The third kappa shape index (κ3) is 2.13. The van der Waals surface area contributed by atoms with Crippen molar-refractivity contribution in [2.24, 2.45) is 0 Å². The van der Waals surface area contributed by atoms with E-state index in [-0.39, 0.29) is 19.3 Å². The lowest BCUT2D eigenvalue weighted by atomic mass is 10.0. The summed E-state index contributed by atoms with van der Waals surface area (Å²) in [4.78, 5) is 0. The van der Waals surface area contributed by atoms with Gasteiger partial charge in [-0.05, 0) is 12.8 Å². The minimum Gasteiger partial charge on any atom is -0.394 e. The van der Waals surface area contributed by atoms with Gasteiger partial charge in [-0.25, -0.2) is 0 Å². The lowest BCUT2D eigenvalue weighted by Gasteiger charge is -2.31. The van der Waals surface area contributed by atoms with Crippen LogP contribution in [0.4, 0.5) is 0 Å². The van der Waals surface area contributed by atoms with Crippen LogP contribution < -0.4 is 0 Å². The molecular weight excluding hydrogens is 148 g/mol. The molecule has 0 spiro atoms. The highest BCUT2D eigenvalue weighted by Crippen LogP contribution is 2.18. The van der Waals surface area contributed by atoms with Crippen molar-refractivity contribution in [1.29, 1.82) is 0 Å². The largest absolute Gasteiger partial charge is 0.394 e. The SMILES string of the molecule is OCC1O[C@@H](CO)CC[C@@H]1O. The van der Waals surface area contributed by atoms with Crippen LogP contribution in [0.1, 0.15) is 12.8 Å². The van der Waals surface area contributed by atoms with E-state index in [1.807, 2.05) is 0 Å².